The normalized spacial score (nSPS) is 35.2. The molecule has 1 aliphatic rings. The lowest BCUT2D eigenvalue weighted by Crippen LogP contribution is -2.32. The molecule has 0 aromatic heterocycles. The quantitative estimate of drug-likeness (QED) is 0.667. The Morgan fingerprint density at radius 3 is 2.69 bits per heavy atom. The van der Waals surface area contributed by atoms with Gasteiger partial charge in [0, 0.05) is 19.0 Å². The van der Waals surface area contributed by atoms with E-state index in [1.807, 2.05) is 14.0 Å². The monoisotopic (exact) mass is 187 g/mol. The average molecular weight is 187 g/mol. The topological polar surface area (TPSA) is 60.8 Å². The Kier molecular flexibility index (Phi) is 2.93. The molecule has 76 valence electrons. The van der Waals surface area contributed by atoms with Crippen molar-refractivity contribution in [3.8, 4) is 0 Å². The van der Waals surface area contributed by atoms with Crippen LogP contribution in [0.5, 0.6) is 0 Å². The van der Waals surface area contributed by atoms with E-state index in [4.69, 9.17) is 5.11 Å². The van der Waals surface area contributed by atoms with E-state index in [2.05, 4.69) is 4.90 Å². The Morgan fingerprint density at radius 2 is 2.31 bits per heavy atom. The van der Waals surface area contributed by atoms with Crippen LogP contribution in [-0.4, -0.2) is 46.3 Å². The molecule has 0 amide bonds. The van der Waals surface area contributed by atoms with E-state index < -0.39 is 11.6 Å². The molecular weight excluding hydrogens is 170 g/mol. The van der Waals surface area contributed by atoms with E-state index >= 15 is 0 Å². The molecule has 4 heteroatoms. The highest BCUT2D eigenvalue weighted by atomic mass is 16.4. The smallest absolute Gasteiger partial charge is 0.303 e. The van der Waals surface area contributed by atoms with Crippen LogP contribution < -0.4 is 0 Å². The summed E-state index contributed by atoms with van der Waals surface area (Å²) in [6, 6.07) is 0.346. The van der Waals surface area contributed by atoms with Crippen LogP contribution in [0.15, 0.2) is 0 Å². The number of carboxylic acids is 1. The van der Waals surface area contributed by atoms with Crippen LogP contribution in [0.3, 0.4) is 0 Å². The van der Waals surface area contributed by atoms with Gasteiger partial charge in [0.1, 0.15) is 0 Å². The molecule has 0 spiro atoms. The second-order valence-corrected chi connectivity index (χ2v) is 4.09. The molecule has 2 N–H and O–H groups in total. The van der Waals surface area contributed by atoms with Gasteiger partial charge in [-0.2, -0.15) is 0 Å². The van der Waals surface area contributed by atoms with E-state index in [1.165, 1.54) is 0 Å². The number of carbonyl (C=O) groups is 1. The average Bonchev–Trinajstić information content (AvgIpc) is 2.24. The second-order valence-electron chi connectivity index (χ2n) is 4.09. The lowest BCUT2D eigenvalue weighted by atomic mass is 9.95. The Labute approximate surface area is 78.2 Å². The fourth-order valence-electron chi connectivity index (χ4n) is 1.91. The van der Waals surface area contributed by atoms with Crippen LogP contribution in [0.4, 0.5) is 0 Å². The van der Waals surface area contributed by atoms with Gasteiger partial charge in [-0.05, 0) is 26.8 Å². The third kappa shape index (κ3) is 2.67. The SMILES string of the molecule is CC1CC(O)(CCC(=O)O)CN1C. The van der Waals surface area contributed by atoms with Gasteiger partial charge in [-0.3, -0.25) is 4.79 Å². The molecule has 1 heterocycles. The van der Waals surface area contributed by atoms with Crippen LogP contribution in [-0.2, 0) is 4.79 Å². The maximum absolute atomic E-state index is 10.3. The number of aliphatic hydroxyl groups is 1. The predicted octanol–water partition coefficient (Wildman–Crippen LogP) is 0.306. The molecule has 1 rings (SSSR count). The molecule has 1 aliphatic heterocycles. The van der Waals surface area contributed by atoms with Crippen molar-refractivity contribution in [3.63, 3.8) is 0 Å². The van der Waals surface area contributed by atoms with Crippen molar-refractivity contribution >= 4 is 5.97 Å². The van der Waals surface area contributed by atoms with Gasteiger partial charge >= 0.3 is 5.97 Å². The predicted molar refractivity (Wildman–Crippen MR) is 48.5 cm³/mol. The number of aliphatic carboxylic acids is 1. The lowest BCUT2D eigenvalue weighted by molar-refractivity contribution is -0.138. The first-order chi connectivity index (χ1) is 5.93. The van der Waals surface area contributed by atoms with Crippen molar-refractivity contribution in [2.45, 2.75) is 37.8 Å². The van der Waals surface area contributed by atoms with Crippen LogP contribution in [0.2, 0.25) is 0 Å². The fourth-order valence-corrected chi connectivity index (χ4v) is 1.91. The van der Waals surface area contributed by atoms with Gasteiger partial charge < -0.3 is 15.1 Å². The van der Waals surface area contributed by atoms with Crippen LogP contribution >= 0.6 is 0 Å². The molecule has 2 atom stereocenters. The minimum Gasteiger partial charge on any atom is -0.481 e. The molecular formula is C9H17NO3. The van der Waals surface area contributed by atoms with Gasteiger partial charge in [-0.25, -0.2) is 0 Å². The first-order valence-electron chi connectivity index (χ1n) is 4.57. The highest BCUT2D eigenvalue weighted by Gasteiger charge is 2.38. The number of carboxylic acid groups (broad SMARTS) is 1. The number of rotatable bonds is 3. The van der Waals surface area contributed by atoms with Crippen molar-refractivity contribution in [1.82, 2.24) is 4.90 Å². The Bertz CT molecular complexity index is 195. The third-order valence-corrected chi connectivity index (χ3v) is 2.78. The molecule has 13 heavy (non-hydrogen) atoms. The second kappa shape index (κ2) is 3.64. The molecule has 0 saturated carbocycles. The number of hydrogen-bond acceptors (Lipinski definition) is 3. The Balaban J connectivity index is 2.44. The van der Waals surface area contributed by atoms with Gasteiger partial charge in [0.15, 0.2) is 0 Å². The van der Waals surface area contributed by atoms with Crippen molar-refractivity contribution in [3.05, 3.63) is 0 Å². The zero-order valence-corrected chi connectivity index (χ0v) is 8.16. The highest BCUT2D eigenvalue weighted by Crippen LogP contribution is 2.29. The minimum atomic E-state index is -0.837. The largest absolute Gasteiger partial charge is 0.481 e. The zero-order chi connectivity index (χ0) is 10.1. The summed E-state index contributed by atoms with van der Waals surface area (Å²) in [6.07, 6.45) is 1.09. The maximum Gasteiger partial charge on any atom is 0.303 e. The molecule has 0 aromatic carbocycles. The van der Waals surface area contributed by atoms with Crippen LogP contribution in [0.25, 0.3) is 0 Å². The number of likely N-dealkylation sites (N-methyl/N-ethyl adjacent to an activating group) is 1. The van der Waals surface area contributed by atoms with E-state index in [-0.39, 0.29) is 6.42 Å². The fraction of sp³-hybridized carbons (Fsp3) is 0.889. The summed E-state index contributed by atoms with van der Waals surface area (Å²) in [5.74, 6) is -0.837. The summed E-state index contributed by atoms with van der Waals surface area (Å²) in [4.78, 5) is 12.4. The van der Waals surface area contributed by atoms with Crippen molar-refractivity contribution in [2.75, 3.05) is 13.6 Å². The Hall–Kier alpha value is -0.610. The minimum absolute atomic E-state index is 0.0526. The molecule has 1 saturated heterocycles. The van der Waals surface area contributed by atoms with E-state index in [0.717, 1.165) is 0 Å². The maximum atomic E-state index is 10.3. The van der Waals surface area contributed by atoms with Crippen LogP contribution in [0, 0.1) is 0 Å². The van der Waals surface area contributed by atoms with Gasteiger partial charge in [0.05, 0.1) is 5.60 Å². The van der Waals surface area contributed by atoms with Crippen LogP contribution in [0.1, 0.15) is 26.2 Å². The summed E-state index contributed by atoms with van der Waals surface area (Å²) >= 11 is 0. The number of likely N-dealkylation sites (tertiary alicyclic amines) is 1. The molecule has 0 bridgehead atoms. The van der Waals surface area contributed by atoms with E-state index in [0.29, 0.717) is 25.4 Å². The molecule has 0 radical (unpaired) electrons. The Morgan fingerprint density at radius 1 is 1.69 bits per heavy atom. The van der Waals surface area contributed by atoms with Gasteiger partial charge in [-0.1, -0.05) is 0 Å². The van der Waals surface area contributed by atoms with E-state index in [1.54, 1.807) is 0 Å². The van der Waals surface area contributed by atoms with Gasteiger partial charge in [0.2, 0.25) is 0 Å². The molecule has 1 fully saturated rings. The first-order valence-corrected chi connectivity index (χ1v) is 4.57. The molecule has 2 unspecified atom stereocenters. The third-order valence-electron chi connectivity index (χ3n) is 2.78. The molecule has 4 nitrogen and oxygen atoms in total. The highest BCUT2D eigenvalue weighted by molar-refractivity contribution is 5.66. The van der Waals surface area contributed by atoms with Gasteiger partial charge in [0.25, 0.3) is 0 Å². The summed E-state index contributed by atoms with van der Waals surface area (Å²) in [6.45, 7) is 2.63. The van der Waals surface area contributed by atoms with Crippen molar-refractivity contribution < 1.29 is 15.0 Å². The lowest BCUT2D eigenvalue weighted by Gasteiger charge is -2.20. The van der Waals surface area contributed by atoms with Crippen molar-refractivity contribution in [1.29, 1.82) is 0 Å². The first kappa shape index (κ1) is 10.5. The summed E-state index contributed by atoms with van der Waals surface area (Å²) in [7, 11) is 1.95. The van der Waals surface area contributed by atoms with E-state index in [9.17, 15) is 9.90 Å². The zero-order valence-electron chi connectivity index (χ0n) is 8.16. The molecule has 0 aromatic rings. The summed E-state index contributed by atoms with van der Waals surface area (Å²) in [5, 5.41) is 18.5. The summed E-state index contributed by atoms with van der Waals surface area (Å²) in [5.41, 5.74) is -0.785. The molecule has 0 aliphatic carbocycles. The number of β-amino-alcohol motifs (C(OH)–C–C–N with tert-alkyl or cyclic N) is 1. The standard InChI is InChI=1S/C9H17NO3/c1-7-5-9(13,6-10(7)2)4-3-8(11)12/h7,13H,3-6H2,1-2H3,(H,11,12). The summed E-state index contributed by atoms with van der Waals surface area (Å²) < 4.78 is 0. The van der Waals surface area contributed by atoms with Crippen molar-refractivity contribution in [2.24, 2.45) is 0 Å². The number of nitrogens with zero attached hydrogens (tertiary/aromatic N) is 1. The van der Waals surface area contributed by atoms with Gasteiger partial charge in [-0.15, -0.1) is 0 Å². The number of hydrogen-bond donors (Lipinski definition) is 2.